The molecule has 0 radical (unpaired) electrons. The number of hydrogen-bond acceptors (Lipinski definition) is 1. The van der Waals surface area contributed by atoms with Gasteiger partial charge in [-0.2, -0.15) is 0 Å². The largest absolute Gasteiger partial charge is 0.385 e. The van der Waals surface area contributed by atoms with Crippen molar-refractivity contribution in [2.75, 3.05) is 0 Å². The van der Waals surface area contributed by atoms with Crippen LogP contribution in [0.1, 0.15) is 33.3 Å². The molecule has 2 atom stereocenters. The van der Waals surface area contributed by atoms with Gasteiger partial charge < -0.3 is 5.11 Å². The SMILES string of the molecule is CC1=CC(C)(O)C(C)C(C#Cc2ccccc2)=C1C. The van der Waals surface area contributed by atoms with Crippen LogP contribution in [0.25, 0.3) is 0 Å². The van der Waals surface area contributed by atoms with Crippen LogP contribution in [0.5, 0.6) is 0 Å². The number of aliphatic hydroxyl groups is 1. The van der Waals surface area contributed by atoms with E-state index in [0.717, 1.165) is 16.7 Å². The van der Waals surface area contributed by atoms with E-state index in [1.807, 2.05) is 57.2 Å². The monoisotopic (exact) mass is 252 g/mol. The van der Waals surface area contributed by atoms with Crippen molar-refractivity contribution >= 4 is 0 Å². The van der Waals surface area contributed by atoms with Gasteiger partial charge in [-0.3, -0.25) is 0 Å². The Morgan fingerprint density at radius 2 is 1.74 bits per heavy atom. The lowest BCUT2D eigenvalue weighted by Gasteiger charge is -2.33. The van der Waals surface area contributed by atoms with E-state index >= 15 is 0 Å². The molecular weight excluding hydrogens is 232 g/mol. The van der Waals surface area contributed by atoms with Crippen molar-refractivity contribution in [2.24, 2.45) is 5.92 Å². The molecule has 0 amide bonds. The molecule has 0 spiro atoms. The van der Waals surface area contributed by atoms with Crippen molar-refractivity contribution in [1.82, 2.24) is 0 Å². The summed E-state index contributed by atoms with van der Waals surface area (Å²) in [6.45, 7) is 7.98. The third-order valence-corrected chi connectivity index (χ3v) is 3.93. The fraction of sp³-hybridized carbons (Fsp3) is 0.333. The molecular formula is C18H20O. The molecule has 0 aliphatic heterocycles. The molecule has 19 heavy (non-hydrogen) atoms. The third kappa shape index (κ3) is 2.80. The molecule has 0 heterocycles. The first-order chi connectivity index (χ1) is 8.92. The van der Waals surface area contributed by atoms with Gasteiger partial charge >= 0.3 is 0 Å². The Kier molecular flexibility index (Phi) is 3.64. The molecule has 0 bridgehead atoms. The molecule has 1 heteroatoms. The molecule has 1 aliphatic rings. The molecule has 1 aromatic carbocycles. The van der Waals surface area contributed by atoms with E-state index in [1.165, 1.54) is 5.57 Å². The van der Waals surface area contributed by atoms with Gasteiger partial charge in [0, 0.05) is 17.1 Å². The van der Waals surface area contributed by atoms with Crippen LogP contribution in [-0.2, 0) is 0 Å². The third-order valence-electron chi connectivity index (χ3n) is 3.93. The highest BCUT2D eigenvalue weighted by atomic mass is 16.3. The number of rotatable bonds is 0. The Labute approximate surface area is 115 Å². The van der Waals surface area contributed by atoms with E-state index in [9.17, 15) is 5.11 Å². The van der Waals surface area contributed by atoms with Crippen LogP contribution in [0, 0.1) is 17.8 Å². The molecule has 98 valence electrons. The van der Waals surface area contributed by atoms with E-state index < -0.39 is 5.60 Å². The lowest BCUT2D eigenvalue weighted by atomic mass is 9.76. The quantitative estimate of drug-likeness (QED) is 0.698. The first-order valence-corrected chi connectivity index (χ1v) is 6.62. The van der Waals surface area contributed by atoms with Crippen molar-refractivity contribution < 1.29 is 5.11 Å². The average Bonchev–Trinajstić information content (AvgIpc) is 2.37. The highest BCUT2D eigenvalue weighted by Gasteiger charge is 2.33. The lowest BCUT2D eigenvalue weighted by Crippen LogP contribution is -2.34. The predicted octanol–water partition coefficient (Wildman–Crippen LogP) is 3.70. The average molecular weight is 252 g/mol. The fourth-order valence-corrected chi connectivity index (χ4v) is 2.36. The first kappa shape index (κ1) is 13.6. The summed E-state index contributed by atoms with van der Waals surface area (Å²) in [6.07, 6.45) is 1.93. The molecule has 1 N–H and O–H groups in total. The van der Waals surface area contributed by atoms with Gasteiger partial charge in [0.05, 0.1) is 5.60 Å². The van der Waals surface area contributed by atoms with Crippen LogP contribution in [-0.4, -0.2) is 10.7 Å². The van der Waals surface area contributed by atoms with Gasteiger partial charge in [0.15, 0.2) is 0 Å². The second-order valence-corrected chi connectivity index (χ2v) is 5.43. The molecule has 2 rings (SSSR count). The summed E-state index contributed by atoms with van der Waals surface area (Å²) in [6, 6.07) is 9.94. The van der Waals surface area contributed by atoms with Gasteiger partial charge in [0.1, 0.15) is 0 Å². The van der Waals surface area contributed by atoms with Gasteiger partial charge in [0.2, 0.25) is 0 Å². The number of allylic oxidation sites excluding steroid dienone is 2. The maximum Gasteiger partial charge on any atom is 0.0877 e. The second-order valence-electron chi connectivity index (χ2n) is 5.43. The van der Waals surface area contributed by atoms with E-state index in [0.29, 0.717) is 0 Å². The van der Waals surface area contributed by atoms with Gasteiger partial charge in [-0.15, -0.1) is 0 Å². The first-order valence-electron chi connectivity index (χ1n) is 6.62. The maximum absolute atomic E-state index is 10.4. The second kappa shape index (κ2) is 5.07. The van der Waals surface area contributed by atoms with Crippen LogP contribution in [0.2, 0.25) is 0 Å². The van der Waals surface area contributed by atoms with Crippen LogP contribution in [0.3, 0.4) is 0 Å². The summed E-state index contributed by atoms with van der Waals surface area (Å²) in [5, 5.41) is 10.4. The summed E-state index contributed by atoms with van der Waals surface area (Å²) in [5.74, 6) is 6.46. The molecule has 0 aromatic heterocycles. The van der Waals surface area contributed by atoms with Crippen molar-refractivity contribution in [3.05, 3.63) is 58.7 Å². The standard InChI is InChI=1S/C18H20O/c1-13-12-18(4,19)15(3)17(14(13)2)11-10-16-8-6-5-7-9-16/h5-9,12,15,19H,1-4H3. The van der Waals surface area contributed by atoms with Crippen LogP contribution in [0.4, 0.5) is 0 Å². The van der Waals surface area contributed by atoms with Gasteiger partial charge in [-0.25, -0.2) is 0 Å². The summed E-state index contributed by atoms with van der Waals surface area (Å²) in [4.78, 5) is 0. The van der Waals surface area contributed by atoms with Gasteiger partial charge in [-0.05, 0) is 50.1 Å². The minimum absolute atomic E-state index is 0.0208. The molecule has 0 saturated carbocycles. The van der Waals surface area contributed by atoms with Gasteiger partial charge in [-0.1, -0.05) is 37.0 Å². The highest BCUT2D eigenvalue weighted by Crippen LogP contribution is 2.35. The van der Waals surface area contributed by atoms with Crippen molar-refractivity contribution in [2.45, 2.75) is 33.3 Å². The van der Waals surface area contributed by atoms with Crippen LogP contribution in [0.15, 0.2) is 53.1 Å². The summed E-state index contributed by atoms with van der Waals surface area (Å²) < 4.78 is 0. The van der Waals surface area contributed by atoms with E-state index in [2.05, 4.69) is 18.8 Å². The molecule has 1 aliphatic carbocycles. The van der Waals surface area contributed by atoms with Gasteiger partial charge in [0.25, 0.3) is 0 Å². The Balaban J connectivity index is 2.41. The van der Waals surface area contributed by atoms with Crippen molar-refractivity contribution in [3.8, 4) is 11.8 Å². The van der Waals surface area contributed by atoms with E-state index in [4.69, 9.17) is 0 Å². The Morgan fingerprint density at radius 1 is 1.11 bits per heavy atom. The number of benzene rings is 1. The lowest BCUT2D eigenvalue weighted by molar-refractivity contribution is 0.0684. The van der Waals surface area contributed by atoms with E-state index in [-0.39, 0.29) is 5.92 Å². The zero-order valence-corrected chi connectivity index (χ0v) is 12.0. The zero-order valence-electron chi connectivity index (χ0n) is 12.0. The fourth-order valence-electron chi connectivity index (χ4n) is 2.36. The normalized spacial score (nSPS) is 26.6. The van der Waals surface area contributed by atoms with Crippen molar-refractivity contribution in [1.29, 1.82) is 0 Å². The Morgan fingerprint density at radius 3 is 2.37 bits per heavy atom. The minimum Gasteiger partial charge on any atom is -0.385 e. The summed E-state index contributed by atoms with van der Waals surface area (Å²) >= 11 is 0. The molecule has 0 saturated heterocycles. The Hall–Kier alpha value is -1.78. The molecule has 1 nitrogen and oxygen atoms in total. The maximum atomic E-state index is 10.4. The number of hydrogen-bond donors (Lipinski definition) is 1. The molecule has 2 unspecified atom stereocenters. The predicted molar refractivity (Wildman–Crippen MR) is 79.6 cm³/mol. The molecule has 0 fully saturated rings. The van der Waals surface area contributed by atoms with Crippen LogP contribution >= 0.6 is 0 Å². The van der Waals surface area contributed by atoms with Crippen LogP contribution < -0.4 is 0 Å². The topological polar surface area (TPSA) is 20.2 Å². The van der Waals surface area contributed by atoms with Crippen molar-refractivity contribution in [3.63, 3.8) is 0 Å². The molecule has 1 aromatic rings. The summed E-state index contributed by atoms with van der Waals surface area (Å²) in [7, 11) is 0. The minimum atomic E-state index is -0.815. The highest BCUT2D eigenvalue weighted by molar-refractivity contribution is 5.51. The Bertz CT molecular complexity index is 592. The smallest absolute Gasteiger partial charge is 0.0877 e. The summed E-state index contributed by atoms with van der Waals surface area (Å²) in [5.41, 5.74) is 3.52. The van der Waals surface area contributed by atoms with E-state index in [1.54, 1.807) is 0 Å². The zero-order chi connectivity index (χ0) is 14.0.